The predicted molar refractivity (Wildman–Crippen MR) is 65.7 cm³/mol. The first-order valence-corrected chi connectivity index (χ1v) is 6.00. The number of hydrogen-bond donors (Lipinski definition) is 2. The average molecular weight is 236 g/mol. The van der Waals surface area contributed by atoms with Gasteiger partial charge < -0.3 is 15.0 Å². The highest BCUT2D eigenvalue weighted by molar-refractivity contribution is 5.87. The number of aromatic amines is 1. The highest BCUT2D eigenvalue weighted by Crippen LogP contribution is 2.50. The molecule has 0 spiro atoms. The number of carbonyl (C=O) groups is 1. The van der Waals surface area contributed by atoms with Crippen LogP contribution in [0, 0.1) is 11.3 Å². The Morgan fingerprint density at radius 1 is 1.59 bits per heavy atom. The molecule has 4 nitrogen and oxygen atoms in total. The van der Waals surface area contributed by atoms with Crippen LogP contribution in [-0.4, -0.2) is 24.6 Å². The van der Waals surface area contributed by atoms with Crippen molar-refractivity contribution in [3.8, 4) is 0 Å². The maximum Gasteiger partial charge on any atom is 0.354 e. The summed E-state index contributed by atoms with van der Waals surface area (Å²) in [6, 6.07) is 3.67. The van der Waals surface area contributed by atoms with Crippen molar-refractivity contribution in [2.24, 2.45) is 11.3 Å². The van der Waals surface area contributed by atoms with E-state index in [1.54, 1.807) is 6.07 Å². The SMILES string of the molecule is COC(=O)c1ccc(CNCC2CC2(C)C)[nH]1. The summed E-state index contributed by atoms with van der Waals surface area (Å²) in [6.45, 7) is 6.40. The van der Waals surface area contributed by atoms with E-state index in [0.29, 0.717) is 11.1 Å². The summed E-state index contributed by atoms with van der Waals surface area (Å²) >= 11 is 0. The van der Waals surface area contributed by atoms with Gasteiger partial charge in [-0.1, -0.05) is 13.8 Å². The molecule has 17 heavy (non-hydrogen) atoms. The van der Waals surface area contributed by atoms with Gasteiger partial charge in [0.15, 0.2) is 0 Å². The number of rotatable bonds is 5. The van der Waals surface area contributed by atoms with Crippen LogP contribution in [0.15, 0.2) is 12.1 Å². The molecule has 4 heteroatoms. The molecule has 1 aromatic heterocycles. The molecule has 0 saturated heterocycles. The molecule has 1 fully saturated rings. The Morgan fingerprint density at radius 2 is 2.29 bits per heavy atom. The predicted octanol–water partition coefficient (Wildman–Crippen LogP) is 1.94. The number of methoxy groups -OCH3 is 1. The Bertz CT molecular complexity index is 409. The number of H-pyrrole nitrogens is 1. The maximum absolute atomic E-state index is 11.2. The summed E-state index contributed by atoms with van der Waals surface area (Å²) in [7, 11) is 1.39. The van der Waals surface area contributed by atoms with Crippen molar-refractivity contribution in [3.63, 3.8) is 0 Å². The molecule has 0 aliphatic heterocycles. The lowest BCUT2D eigenvalue weighted by atomic mass is 10.1. The summed E-state index contributed by atoms with van der Waals surface area (Å²) in [5.74, 6) is 0.470. The van der Waals surface area contributed by atoms with Crippen LogP contribution in [0.5, 0.6) is 0 Å². The highest BCUT2D eigenvalue weighted by atomic mass is 16.5. The van der Waals surface area contributed by atoms with E-state index in [1.165, 1.54) is 13.5 Å². The molecular weight excluding hydrogens is 216 g/mol. The monoisotopic (exact) mass is 236 g/mol. The van der Waals surface area contributed by atoms with Gasteiger partial charge in [-0.05, 0) is 36.4 Å². The fourth-order valence-corrected chi connectivity index (χ4v) is 2.08. The van der Waals surface area contributed by atoms with Crippen molar-refractivity contribution in [2.45, 2.75) is 26.8 Å². The van der Waals surface area contributed by atoms with E-state index in [1.807, 2.05) is 6.07 Å². The third-order valence-corrected chi connectivity index (χ3v) is 3.58. The largest absolute Gasteiger partial charge is 0.464 e. The van der Waals surface area contributed by atoms with Crippen LogP contribution in [0.3, 0.4) is 0 Å². The zero-order chi connectivity index (χ0) is 12.5. The number of hydrogen-bond acceptors (Lipinski definition) is 3. The van der Waals surface area contributed by atoms with Crippen molar-refractivity contribution < 1.29 is 9.53 Å². The summed E-state index contributed by atoms with van der Waals surface area (Å²) in [5.41, 5.74) is 2.04. The number of ether oxygens (including phenoxy) is 1. The Labute approximate surface area is 102 Å². The van der Waals surface area contributed by atoms with Crippen LogP contribution >= 0.6 is 0 Å². The minimum absolute atomic E-state index is 0.320. The van der Waals surface area contributed by atoms with Crippen LogP contribution in [0.4, 0.5) is 0 Å². The third-order valence-electron chi connectivity index (χ3n) is 3.58. The number of carbonyl (C=O) groups excluding carboxylic acids is 1. The van der Waals surface area contributed by atoms with E-state index in [9.17, 15) is 4.79 Å². The molecule has 0 bridgehead atoms. The lowest BCUT2D eigenvalue weighted by Crippen LogP contribution is -2.18. The van der Waals surface area contributed by atoms with Crippen molar-refractivity contribution in [1.82, 2.24) is 10.3 Å². The third kappa shape index (κ3) is 2.88. The smallest absolute Gasteiger partial charge is 0.354 e. The number of esters is 1. The van der Waals surface area contributed by atoms with E-state index in [2.05, 4.69) is 28.9 Å². The van der Waals surface area contributed by atoms with E-state index in [-0.39, 0.29) is 5.97 Å². The number of aromatic nitrogens is 1. The molecule has 94 valence electrons. The molecule has 1 aromatic rings. The van der Waals surface area contributed by atoms with Crippen LogP contribution in [0.2, 0.25) is 0 Å². The van der Waals surface area contributed by atoms with Crippen LogP contribution in [0.25, 0.3) is 0 Å². The molecule has 1 unspecified atom stereocenters. The van der Waals surface area contributed by atoms with Crippen molar-refractivity contribution >= 4 is 5.97 Å². The quantitative estimate of drug-likeness (QED) is 0.768. The zero-order valence-corrected chi connectivity index (χ0v) is 10.7. The Balaban J connectivity index is 1.76. The van der Waals surface area contributed by atoms with Crippen LogP contribution in [0.1, 0.15) is 36.5 Å². The molecule has 0 radical (unpaired) electrons. The first kappa shape index (κ1) is 12.2. The summed E-state index contributed by atoms with van der Waals surface area (Å²) in [6.07, 6.45) is 1.30. The zero-order valence-electron chi connectivity index (χ0n) is 10.7. The molecule has 1 atom stereocenters. The molecule has 1 saturated carbocycles. The normalized spacial score (nSPS) is 21.2. The van der Waals surface area contributed by atoms with Gasteiger partial charge in [0.1, 0.15) is 5.69 Å². The first-order chi connectivity index (χ1) is 8.03. The molecule has 0 amide bonds. The summed E-state index contributed by atoms with van der Waals surface area (Å²) < 4.78 is 4.64. The standard InChI is InChI=1S/C13H20N2O2/c1-13(2)6-9(13)7-14-8-10-4-5-11(15-10)12(16)17-3/h4-5,9,14-15H,6-8H2,1-3H3. The molecule has 1 aliphatic carbocycles. The van der Waals surface area contributed by atoms with Gasteiger partial charge in [0.05, 0.1) is 7.11 Å². The average Bonchev–Trinajstić information content (AvgIpc) is 2.73. The van der Waals surface area contributed by atoms with E-state index in [4.69, 9.17) is 0 Å². The van der Waals surface area contributed by atoms with Crippen molar-refractivity contribution in [3.05, 3.63) is 23.5 Å². The Morgan fingerprint density at radius 3 is 2.88 bits per heavy atom. The van der Waals surface area contributed by atoms with Gasteiger partial charge in [0, 0.05) is 12.2 Å². The van der Waals surface area contributed by atoms with Gasteiger partial charge in [-0.2, -0.15) is 0 Å². The van der Waals surface area contributed by atoms with Gasteiger partial charge in [-0.15, -0.1) is 0 Å². The molecule has 1 heterocycles. The Hall–Kier alpha value is -1.29. The van der Waals surface area contributed by atoms with Crippen LogP contribution < -0.4 is 5.32 Å². The summed E-state index contributed by atoms with van der Waals surface area (Å²) in [4.78, 5) is 14.3. The second-order valence-corrected chi connectivity index (χ2v) is 5.41. The molecule has 2 N–H and O–H groups in total. The fourth-order valence-electron chi connectivity index (χ4n) is 2.08. The summed E-state index contributed by atoms with van der Waals surface area (Å²) in [5, 5.41) is 3.41. The Kier molecular flexibility index (Phi) is 3.24. The van der Waals surface area contributed by atoms with Gasteiger partial charge >= 0.3 is 5.97 Å². The molecule has 2 rings (SSSR count). The lowest BCUT2D eigenvalue weighted by molar-refractivity contribution is 0.0594. The molecular formula is C13H20N2O2. The first-order valence-electron chi connectivity index (χ1n) is 6.00. The fraction of sp³-hybridized carbons (Fsp3) is 0.615. The molecule has 1 aliphatic rings. The topological polar surface area (TPSA) is 54.1 Å². The van der Waals surface area contributed by atoms with Crippen molar-refractivity contribution in [1.29, 1.82) is 0 Å². The second-order valence-electron chi connectivity index (χ2n) is 5.41. The van der Waals surface area contributed by atoms with Gasteiger partial charge in [0.25, 0.3) is 0 Å². The van der Waals surface area contributed by atoms with E-state index >= 15 is 0 Å². The van der Waals surface area contributed by atoms with Gasteiger partial charge in [0.2, 0.25) is 0 Å². The highest BCUT2D eigenvalue weighted by Gasteiger charge is 2.44. The maximum atomic E-state index is 11.2. The molecule has 0 aromatic carbocycles. The van der Waals surface area contributed by atoms with Gasteiger partial charge in [-0.3, -0.25) is 0 Å². The minimum atomic E-state index is -0.320. The van der Waals surface area contributed by atoms with Crippen LogP contribution in [-0.2, 0) is 11.3 Å². The van der Waals surface area contributed by atoms with Crippen molar-refractivity contribution in [2.75, 3.05) is 13.7 Å². The lowest BCUT2D eigenvalue weighted by Gasteiger charge is -2.05. The van der Waals surface area contributed by atoms with E-state index in [0.717, 1.165) is 24.7 Å². The second kappa shape index (κ2) is 4.53. The van der Waals surface area contributed by atoms with Gasteiger partial charge in [-0.25, -0.2) is 4.79 Å². The number of nitrogens with one attached hydrogen (secondary N) is 2. The van der Waals surface area contributed by atoms with E-state index < -0.39 is 0 Å². The minimum Gasteiger partial charge on any atom is -0.464 e.